The van der Waals surface area contributed by atoms with Gasteiger partial charge in [-0.15, -0.1) is 0 Å². The van der Waals surface area contributed by atoms with Crippen LogP contribution in [0.15, 0.2) is 24.5 Å². The highest BCUT2D eigenvalue weighted by Gasteiger charge is 2.40. The van der Waals surface area contributed by atoms with Crippen molar-refractivity contribution in [1.29, 1.82) is 0 Å². The summed E-state index contributed by atoms with van der Waals surface area (Å²) in [6.07, 6.45) is 6.06. The van der Waals surface area contributed by atoms with E-state index in [0.29, 0.717) is 39.1 Å². The number of sulfonamides is 1. The molecule has 2 fully saturated rings. The molecule has 1 aromatic rings. The van der Waals surface area contributed by atoms with Crippen LogP contribution in [0.25, 0.3) is 0 Å². The van der Waals surface area contributed by atoms with Gasteiger partial charge in [0, 0.05) is 32.0 Å². The van der Waals surface area contributed by atoms with Crippen molar-refractivity contribution in [1.82, 2.24) is 14.6 Å². The Morgan fingerprint density at radius 3 is 3.04 bits per heavy atom. The Balaban J connectivity index is 1.55. The monoisotopic (exact) mass is 353 g/mol. The van der Waals surface area contributed by atoms with Gasteiger partial charge >= 0.3 is 0 Å². The van der Waals surface area contributed by atoms with Crippen molar-refractivity contribution in [3.63, 3.8) is 0 Å². The van der Waals surface area contributed by atoms with Crippen LogP contribution in [0.2, 0.25) is 0 Å². The summed E-state index contributed by atoms with van der Waals surface area (Å²) >= 11 is 0. The number of piperidine rings is 1. The number of ether oxygens (including phenoxy) is 1. The van der Waals surface area contributed by atoms with Crippen LogP contribution in [0.3, 0.4) is 0 Å². The topological polar surface area (TPSA) is 88.6 Å². The van der Waals surface area contributed by atoms with E-state index in [9.17, 15) is 13.2 Å². The number of carbonyl (C=O) groups excluding carboxylic acids is 1. The molecule has 24 heavy (non-hydrogen) atoms. The van der Waals surface area contributed by atoms with Crippen molar-refractivity contribution >= 4 is 15.9 Å². The quantitative estimate of drug-likeness (QED) is 0.846. The SMILES string of the molecule is CS(=O)(=O)N1CC[C@H]2OC[C@@H](C(=O)NCc3cccnc3)C[C@H]2C1. The number of fused-ring (bicyclic) bond motifs is 1. The summed E-state index contributed by atoms with van der Waals surface area (Å²) in [5.41, 5.74) is 0.946. The molecule has 7 nitrogen and oxygen atoms in total. The molecule has 0 spiro atoms. The molecule has 0 radical (unpaired) electrons. The van der Waals surface area contributed by atoms with Crippen LogP contribution in [-0.4, -0.2) is 55.7 Å². The number of nitrogens with one attached hydrogen (secondary N) is 1. The van der Waals surface area contributed by atoms with Gasteiger partial charge in [0.25, 0.3) is 0 Å². The fraction of sp³-hybridized carbons (Fsp3) is 0.625. The standard InChI is InChI=1S/C16H23N3O4S/c1-24(21,22)19-6-4-15-13(10-19)7-14(11-23-15)16(20)18-9-12-3-2-5-17-8-12/h2-3,5,8,13-15H,4,6-7,9-11H2,1H3,(H,18,20)/t13-,14-,15+/m0/s1. The van der Waals surface area contributed by atoms with Crippen molar-refractivity contribution in [2.24, 2.45) is 11.8 Å². The van der Waals surface area contributed by atoms with E-state index in [0.717, 1.165) is 5.56 Å². The van der Waals surface area contributed by atoms with Crippen LogP contribution in [0.5, 0.6) is 0 Å². The summed E-state index contributed by atoms with van der Waals surface area (Å²) in [4.78, 5) is 16.4. The molecule has 1 amide bonds. The lowest BCUT2D eigenvalue weighted by Gasteiger charge is -2.42. The lowest BCUT2D eigenvalue weighted by atomic mass is 9.84. The predicted octanol–water partition coefficient (Wildman–Crippen LogP) is 0.384. The number of amides is 1. The smallest absolute Gasteiger partial charge is 0.225 e. The van der Waals surface area contributed by atoms with E-state index >= 15 is 0 Å². The van der Waals surface area contributed by atoms with Gasteiger partial charge < -0.3 is 10.1 Å². The van der Waals surface area contributed by atoms with E-state index in [-0.39, 0.29) is 23.8 Å². The summed E-state index contributed by atoms with van der Waals surface area (Å²) in [6, 6.07) is 3.74. The summed E-state index contributed by atoms with van der Waals surface area (Å²) in [6.45, 7) is 1.78. The largest absolute Gasteiger partial charge is 0.377 e. The highest BCUT2D eigenvalue weighted by molar-refractivity contribution is 7.88. The Bertz CT molecular complexity index is 680. The van der Waals surface area contributed by atoms with Crippen LogP contribution >= 0.6 is 0 Å². The molecular weight excluding hydrogens is 330 g/mol. The molecule has 132 valence electrons. The average Bonchev–Trinajstić information content (AvgIpc) is 2.59. The van der Waals surface area contributed by atoms with Gasteiger partial charge in [-0.2, -0.15) is 0 Å². The normalized spacial score (nSPS) is 28.1. The minimum Gasteiger partial charge on any atom is -0.377 e. The van der Waals surface area contributed by atoms with E-state index in [1.807, 2.05) is 12.1 Å². The Labute approximate surface area is 142 Å². The number of carbonyl (C=O) groups is 1. The second-order valence-corrected chi connectivity index (χ2v) is 8.54. The molecular formula is C16H23N3O4S. The first-order valence-corrected chi connectivity index (χ1v) is 10.0. The fourth-order valence-corrected chi connectivity index (χ4v) is 4.32. The van der Waals surface area contributed by atoms with Gasteiger partial charge in [-0.05, 0) is 30.4 Å². The molecule has 2 aliphatic heterocycles. The molecule has 8 heteroatoms. The van der Waals surface area contributed by atoms with Crippen LogP contribution in [-0.2, 0) is 26.1 Å². The minimum absolute atomic E-state index is 0.0474. The molecule has 2 aliphatic rings. The molecule has 0 bridgehead atoms. The number of nitrogens with zero attached hydrogens (tertiary/aromatic N) is 2. The highest BCUT2D eigenvalue weighted by atomic mass is 32.2. The maximum absolute atomic E-state index is 12.4. The summed E-state index contributed by atoms with van der Waals surface area (Å²) in [7, 11) is -3.19. The summed E-state index contributed by atoms with van der Waals surface area (Å²) in [5, 5.41) is 2.91. The van der Waals surface area contributed by atoms with Gasteiger partial charge in [-0.25, -0.2) is 12.7 Å². The van der Waals surface area contributed by atoms with Gasteiger partial charge in [0.2, 0.25) is 15.9 Å². The first kappa shape index (κ1) is 17.3. The zero-order valence-corrected chi connectivity index (χ0v) is 14.5. The predicted molar refractivity (Wildman–Crippen MR) is 88.5 cm³/mol. The molecule has 3 atom stereocenters. The summed E-state index contributed by atoms with van der Waals surface area (Å²) < 4.78 is 30.8. The third kappa shape index (κ3) is 4.12. The Kier molecular flexibility index (Phi) is 5.17. The second-order valence-electron chi connectivity index (χ2n) is 6.55. The lowest BCUT2D eigenvalue weighted by molar-refractivity contribution is -0.137. The van der Waals surface area contributed by atoms with E-state index in [1.165, 1.54) is 10.6 Å². The van der Waals surface area contributed by atoms with Crippen molar-refractivity contribution in [2.75, 3.05) is 26.0 Å². The number of hydrogen-bond donors (Lipinski definition) is 1. The molecule has 0 unspecified atom stereocenters. The van der Waals surface area contributed by atoms with E-state index in [1.54, 1.807) is 12.4 Å². The van der Waals surface area contributed by atoms with Crippen molar-refractivity contribution in [3.05, 3.63) is 30.1 Å². The van der Waals surface area contributed by atoms with E-state index in [2.05, 4.69) is 10.3 Å². The second kappa shape index (κ2) is 7.16. The number of rotatable bonds is 4. The third-order valence-corrected chi connectivity index (χ3v) is 6.02. The maximum Gasteiger partial charge on any atom is 0.225 e. The van der Waals surface area contributed by atoms with E-state index in [4.69, 9.17) is 4.74 Å². The van der Waals surface area contributed by atoms with Gasteiger partial charge in [-0.1, -0.05) is 6.07 Å². The Hall–Kier alpha value is -1.51. The van der Waals surface area contributed by atoms with Crippen LogP contribution in [0.1, 0.15) is 18.4 Å². The maximum atomic E-state index is 12.4. The van der Waals surface area contributed by atoms with Gasteiger partial charge in [-0.3, -0.25) is 9.78 Å². The lowest BCUT2D eigenvalue weighted by Crippen LogP contribution is -2.51. The first-order chi connectivity index (χ1) is 11.4. The number of hydrogen-bond acceptors (Lipinski definition) is 5. The summed E-state index contributed by atoms with van der Waals surface area (Å²) in [5.74, 6) is -0.201. The van der Waals surface area contributed by atoms with Crippen molar-refractivity contribution in [3.8, 4) is 0 Å². The van der Waals surface area contributed by atoms with Gasteiger partial charge in [0.15, 0.2) is 0 Å². The van der Waals surface area contributed by atoms with Crippen molar-refractivity contribution < 1.29 is 17.9 Å². The number of aromatic nitrogens is 1. The molecule has 0 aromatic carbocycles. The molecule has 2 saturated heterocycles. The van der Waals surface area contributed by atoms with Gasteiger partial charge in [0.1, 0.15) is 0 Å². The van der Waals surface area contributed by atoms with E-state index < -0.39 is 10.0 Å². The zero-order chi connectivity index (χ0) is 17.2. The highest BCUT2D eigenvalue weighted by Crippen LogP contribution is 2.32. The molecule has 0 saturated carbocycles. The van der Waals surface area contributed by atoms with Crippen LogP contribution in [0.4, 0.5) is 0 Å². The molecule has 3 heterocycles. The number of pyridine rings is 1. The molecule has 0 aliphatic carbocycles. The first-order valence-electron chi connectivity index (χ1n) is 8.17. The fourth-order valence-electron chi connectivity index (χ4n) is 3.42. The van der Waals surface area contributed by atoms with Gasteiger partial charge in [0.05, 0.1) is 24.9 Å². The van der Waals surface area contributed by atoms with Crippen LogP contribution < -0.4 is 5.32 Å². The van der Waals surface area contributed by atoms with Crippen molar-refractivity contribution in [2.45, 2.75) is 25.5 Å². The van der Waals surface area contributed by atoms with Crippen LogP contribution in [0, 0.1) is 11.8 Å². The molecule has 1 N–H and O–H groups in total. The average molecular weight is 353 g/mol. The Morgan fingerprint density at radius 1 is 1.50 bits per heavy atom. The zero-order valence-electron chi connectivity index (χ0n) is 13.7. The minimum atomic E-state index is -3.19. The molecule has 3 rings (SSSR count). The molecule has 1 aromatic heterocycles. The Morgan fingerprint density at radius 2 is 2.33 bits per heavy atom. The third-order valence-electron chi connectivity index (χ3n) is 4.76.